The molecule has 2 aromatic rings. The predicted molar refractivity (Wildman–Crippen MR) is 105 cm³/mol. The normalized spacial score (nSPS) is 14.9. The van der Waals surface area contributed by atoms with E-state index in [1.165, 1.54) is 6.07 Å². The summed E-state index contributed by atoms with van der Waals surface area (Å²) >= 11 is 0. The number of benzene rings is 2. The van der Waals surface area contributed by atoms with Crippen molar-refractivity contribution >= 4 is 27.1 Å². The molecule has 0 aromatic heterocycles. The van der Waals surface area contributed by atoms with Crippen LogP contribution in [-0.2, 0) is 20.9 Å². The summed E-state index contributed by atoms with van der Waals surface area (Å²) in [6.07, 6.45) is -4.69. The van der Waals surface area contributed by atoms with Gasteiger partial charge in [0.1, 0.15) is 10.6 Å². The number of sulfonamides is 1. The van der Waals surface area contributed by atoms with Crippen LogP contribution in [0.5, 0.6) is 5.75 Å². The van der Waals surface area contributed by atoms with Crippen molar-refractivity contribution in [1.29, 1.82) is 0 Å². The van der Waals surface area contributed by atoms with Gasteiger partial charge in [-0.25, -0.2) is 8.42 Å². The SMILES string of the molecule is COc1cc([N+](=O)[O-])ccc1S(=O)(=O)Nc1cc(C(F)(F)F)ccc1N1CCOCC1. The summed E-state index contributed by atoms with van der Waals surface area (Å²) < 4.78 is 78.0. The molecule has 1 saturated heterocycles. The van der Waals surface area contributed by atoms with Gasteiger partial charge < -0.3 is 14.4 Å². The van der Waals surface area contributed by atoms with Crippen LogP contribution in [0.4, 0.5) is 30.2 Å². The summed E-state index contributed by atoms with van der Waals surface area (Å²) in [7, 11) is -3.32. The Kier molecular flexibility index (Phi) is 6.27. The molecule has 0 atom stereocenters. The number of hydrogen-bond donors (Lipinski definition) is 1. The Morgan fingerprint density at radius 3 is 2.42 bits per heavy atom. The van der Waals surface area contributed by atoms with E-state index in [0.717, 1.165) is 31.4 Å². The van der Waals surface area contributed by atoms with Crippen LogP contribution < -0.4 is 14.4 Å². The van der Waals surface area contributed by atoms with Crippen LogP contribution in [0.1, 0.15) is 5.56 Å². The lowest BCUT2D eigenvalue weighted by Crippen LogP contribution is -2.36. The van der Waals surface area contributed by atoms with Crippen LogP contribution in [0.3, 0.4) is 0 Å². The lowest BCUT2D eigenvalue weighted by atomic mass is 10.1. The maximum atomic E-state index is 13.2. The Balaban J connectivity index is 2.06. The molecule has 1 N–H and O–H groups in total. The molecular formula is C18H18F3N3O6S. The summed E-state index contributed by atoms with van der Waals surface area (Å²) in [6, 6.07) is 5.62. The highest BCUT2D eigenvalue weighted by atomic mass is 32.2. The van der Waals surface area contributed by atoms with Crippen LogP contribution in [0.2, 0.25) is 0 Å². The summed E-state index contributed by atoms with van der Waals surface area (Å²) in [5.74, 6) is -0.318. The van der Waals surface area contributed by atoms with Gasteiger partial charge in [0.2, 0.25) is 0 Å². The third kappa shape index (κ3) is 4.99. The number of nitrogens with one attached hydrogen (secondary N) is 1. The molecule has 0 spiro atoms. The number of morpholine rings is 1. The number of halogens is 3. The number of anilines is 2. The molecule has 0 bridgehead atoms. The number of rotatable bonds is 6. The molecule has 0 saturated carbocycles. The first-order valence-electron chi connectivity index (χ1n) is 8.92. The zero-order valence-electron chi connectivity index (χ0n) is 16.2. The van der Waals surface area contributed by atoms with Crippen LogP contribution in [-0.4, -0.2) is 46.8 Å². The molecule has 0 amide bonds. The Labute approximate surface area is 175 Å². The Morgan fingerprint density at radius 1 is 1.16 bits per heavy atom. The second-order valence-electron chi connectivity index (χ2n) is 6.53. The monoisotopic (exact) mass is 461 g/mol. The van der Waals surface area contributed by atoms with Crippen molar-refractivity contribution in [3.63, 3.8) is 0 Å². The number of hydrogen-bond acceptors (Lipinski definition) is 7. The second kappa shape index (κ2) is 8.59. The van der Waals surface area contributed by atoms with Gasteiger partial charge >= 0.3 is 6.18 Å². The van der Waals surface area contributed by atoms with Crippen molar-refractivity contribution < 1.29 is 36.0 Å². The molecule has 2 aromatic carbocycles. The maximum absolute atomic E-state index is 13.2. The fourth-order valence-corrected chi connectivity index (χ4v) is 4.28. The topological polar surface area (TPSA) is 111 Å². The summed E-state index contributed by atoms with van der Waals surface area (Å²) in [5.41, 5.74) is -1.46. The third-order valence-electron chi connectivity index (χ3n) is 4.57. The molecule has 0 unspecified atom stereocenters. The van der Waals surface area contributed by atoms with Crippen molar-refractivity contribution in [3.8, 4) is 5.75 Å². The highest BCUT2D eigenvalue weighted by Crippen LogP contribution is 2.37. The smallest absolute Gasteiger partial charge is 0.416 e. The van der Waals surface area contributed by atoms with Gasteiger partial charge in [-0.15, -0.1) is 0 Å². The van der Waals surface area contributed by atoms with Crippen LogP contribution in [0, 0.1) is 10.1 Å². The van der Waals surface area contributed by atoms with Gasteiger partial charge in [0.25, 0.3) is 15.7 Å². The van der Waals surface area contributed by atoms with E-state index in [0.29, 0.717) is 32.4 Å². The van der Waals surface area contributed by atoms with Crippen molar-refractivity contribution in [2.45, 2.75) is 11.1 Å². The molecule has 168 valence electrons. The van der Waals surface area contributed by atoms with Crippen LogP contribution in [0.25, 0.3) is 0 Å². The standard InChI is InChI=1S/C18H18F3N3O6S/c1-29-16-11-13(24(25)26)3-5-17(16)31(27,28)22-14-10-12(18(19,20)21)2-4-15(14)23-6-8-30-9-7-23/h2-5,10-11,22H,6-9H2,1H3. The van der Waals surface area contributed by atoms with Crippen LogP contribution in [0.15, 0.2) is 41.3 Å². The van der Waals surface area contributed by atoms with Gasteiger partial charge in [0.15, 0.2) is 0 Å². The van der Waals surface area contributed by atoms with E-state index in [-0.39, 0.29) is 17.1 Å². The number of nitro benzene ring substituents is 1. The summed E-state index contributed by atoms with van der Waals surface area (Å²) in [5, 5.41) is 10.9. The van der Waals surface area contributed by atoms with Gasteiger partial charge in [-0.05, 0) is 24.3 Å². The molecule has 0 aliphatic carbocycles. The minimum absolute atomic E-state index is 0.251. The molecular weight excluding hydrogens is 443 g/mol. The zero-order chi connectivity index (χ0) is 22.8. The quantitative estimate of drug-likeness (QED) is 0.519. The number of nitrogens with zero attached hydrogens (tertiary/aromatic N) is 2. The molecule has 1 aliphatic heterocycles. The minimum Gasteiger partial charge on any atom is -0.495 e. The average Bonchev–Trinajstić information content (AvgIpc) is 2.72. The fraction of sp³-hybridized carbons (Fsp3) is 0.333. The lowest BCUT2D eigenvalue weighted by Gasteiger charge is -2.31. The average molecular weight is 461 g/mol. The van der Waals surface area contributed by atoms with E-state index in [1.54, 1.807) is 4.90 Å². The molecule has 1 aliphatic rings. The van der Waals surface area contributed by atoms with Gasteiger partial charge in [-0.1, -0.05) is 0 Å². The van der Waals surface area contributed by atoms with E-state index in [2.05, 4.69) is 4.72 Å². The van der Waals surface area contributed by atoms with Crippen molar-refractivity contribution in [3.05, 3.63) is 52.1 Å². The summed E-state index contributed by atoms with van der Waals surface area (Å²) in [6.45, 7) is 1.40. The molecule has 1 heterocycles. The first-order chi connectivity index (χ1) is 14.5. The van der Waals surface area contributed by atoms with E-state index in [1.807, 2.05) is 0 Å². The highest BCUT2D eigenvalue weighted by Gasteiger charge is 2.33. The van der Waals surface area contributed by atoms with Gasteiger partial charge in [0.05, 0.1) is 48.3 Å². The van der Waals surface area contributed by atoms with E-state index >= 15 is 0 Å². The highest BCUT2D eigenvalue weighted by molar-refractivity contribution is 7.92. The van der Waals surface area contributed by atoms with Crippen molar-refractivity contribution in [2.75, 3.05) is 43.0 Å². The van der Waals surface area contributed by atoms with E-state index < -0.39 is 37.3 Å². The van der Waals surface area contributed by atoms with Gasteiger partial charge in [-0.2, -0.15) is 13.2 Å². The summed E-state index contributed by atoms with van der Waals surface area (Å²) in [4.78, 5) is 11.5. The van der Waals surface area contributed by atoms with E-state index in [4.69, 9.17) is 9.47 Å². The van der Waals surface area contributed by atoms with Crippen molar-refractivity contribution in [2.24, 2.45) is 0 Å². The minimum atomic E-state index is -4.69. The maximum Gasteiger partial charge on any atom is 0.416 e. The Bertz CT molecular complexity index is 1090. The second-order valence-corrected chi connectivity index (χ2v) is 8.18. The zero-order valence-corrected chi connectivity index (χ0v) is 17.0. The molecule has 1 fully saturated rings. The van der Waals surface area contributed by atoms with Crippen molar-refractivity contribution in [1.82, 2.24) is 0 Å². The number of nitro groups is 1. The molecule has 31 heavy (non-hydrogen) atoms. The molecule has 0 radical (unpaired) electrons. The molecule has 13 heteroatoms. The predicted octanol–water partition coefficient (Wildman–Crippen LogP) is 3.26. The third-order valence-corrected chi connectivity index (χ3v) is 5.97. The molecule has 3 rings (SSSR count). The first-order valence-corrected chi connectivity index (χ1v) is 10.4. The van der Waals surface area contributed by atoms with E-state index in [9.17, 15) is 31.7 Å². The Morgan fingerprint density at radius 2 is 1.84 bits per heavy atom. The fourth-order valence-electron chi connectivity index (χ4n) is 3.07. The largest absolute Gasteiger partial charge is 0.495 e. The number of methoxy groups -OCH3 is 1. The number of alkyl halides is 3. The van der Waals surface area contributed by atoms with Gasteiger partial charge in [-0.3, -0.25) is 14.8 Å². The lowest BCUT2D eigenvalue weighted by molar-refractivity contribution is -0.385. The first kappa shape index (κ1) is 22.6. The van der Waals surface area contributed by atoms with Crippen LogP contribution >= 0.6 is 0 Å². The molecule has 9 nitrogen and oxygen atoms in total. The number of non-ortho nitro benzene ring substituents is 1. The Hall–Kier alpha value is -3.06. The van der Waals surface area contributed by atoms with Gasteiger partial charge in [0, 0.05) is 19.2 Å². The number of ether oxygens (including phenoxy) is 2.